The number of hydrogen-bond donors (Lipinski definition) is 1. The van der Waals surface area contributed by atoms with Crippen LogP contribution in [-0.4, -0.2) is 18.7 Å². The zero-order chi connectivity index (χ0) is 24.1. The van der Waals surface area contributed by atoms with Crippen LogP contribution in [0.5, 0.6) is 11.5 Å². The molecule has 0 saturated heterocycles. The lowest BCUT2D eigenvalue weighted by atomic mass is 10.2. The summed E-state index contributed by atoms with van der Waals surface area (Å²) in [6.07, 6.45) is 1.53. The zero-order valence-corrected chi connectivity index (χ0v) is 22.7. The van der Waals surface area contributed by atoms with Gasteiger partial charge in [-0.3, -0.25) is 4.79 Å². The number of nitrogens with one attached hydrogen (secondary N) is 1. The molecule has 4 rings (SSSR count). The average Bonchev–Trinajstić information content (AvgIpc) is 3.24. The van der Waals surface area contributed by atoms with Gasteiger partial charge in [-0.2, -0.15) is 5.10 Å². The molecule has 1 heterocycles. The number of hydrogen-bond acceptors (Lipinski definition) is 5. The minimum atomic E-state index is -0.445. The van der Waals surface area contributed by atoms with Crippen molar-refractivity contribution in [1.29, 1.82) is 0 Å². The molecule has 34 heavy (non-hydrogen) atoms. The van der Waals surface area contributed by atoms with Crippen molar-refractivity contribution in [2.75, 3.05) is 6.61 Å². The Kier molecular flexibility index (Phi) is 8.07. The van der Waals surface area contributed by atoms with E-state index in [1.807, 2.05) is 49.4 Å². The number of hydrazone groups is 1. The van der Waals surface area contributed by atoms with Gasteiger partial charge in [0.15, 0.2) is 17.3 Å². The van der Waals surface area contributed by atoms with E-state index in [2.05, 4.69) is 58.3 Å². The van der Waals surface area contributed by atoms with E-state index in [1.54, 1.807) is 18.2 Å². The van der Waals surface area contributed by atoms with E-state index in [9.17, 15) is 4.79 Å². The van der Waals surface area contributed by atoms with Gasteiger partial charge in [-0.05, 0) is 76.9 Å². The van der Waals surface area contributed by atoms with Crippen LogP contribution in [-0.2, 0) is 6.61 Å². The largest absolute Gasteiger partial charge is 0.490 e. The number of rotatable bonds is 8. The predicted molar refractivity (Wildman–Crippen MR) is 143 cm³/mol. The van der Waals surface area contributed by atoms with Gasteiger partial charge in [0.1, 0.15) is 12.2 Å². The Morgan fingerprint density at radius 3 is 2.47 bits per heavy atom. The van der Waals surface area contributed by atoms with Gasteiger partial charge < -0.3 is 13.9 Å². The molecule has 4 aromatic rings. The molecule has 0 saturated carbocycles. The Morgan fingerprint density at radius 1 is 0.971 bits per heavy atom. The highest BCUT2D eigenvalue weighted by Crippen LogP contribution is 2.34. The SMILES string of the molecule is CCOc1cc(/C=N/NC(=O)c2cc3cc(Br)ccc3o2)c(Br)cc1OCc1ccc(Br)cc1. The number of carbonyl (C=O) groups excluding carboxylic acids is 1. The summed E-state index contributed by atoms with van der Waals surface area (Å²) in [5.74, 6) is 0.917. The number of carbonyl (C=O) groups is 1. The zero-order valence-electron chi connectivity index (χ0n) is 18.0. The van der Waals surface area contributed by atoms with Crippen LogP contribution in [0.25, 0.3) is 11.0 Å². The molecule has 9 heteroatoms. The third kappa shape index (κ3) is 6.08. The third-order valence-corrected chi connectivity index (χ3v) is 6.45. The van der Waals surface area contributed by atoms with E-state index in [0.717, 1.165) is 24.4 Å². The maximum absolute atomic E-state index is 12.4. The summed E-state index contributed by atoms with van der Waals surface area (Å²) < 4.78 is 20.0. The highest BCUT2D eigenvalue weighted by Gasteiger charge is 2.13. The number of halogens is 3. The van der Waals surface area contributed by atoms with Crippen molar-refractivity contribution in [2.45, 2.75) is 13.5 Å². The van der Waals surface area contributed by atoms with Crippen LogP contribution < -0.4 is 14.9 Å². The van der Waals surface area contributed by atoms with Crippen molar-refractivity contribution in [3.05, 3.63) is 91.0 Å². The number of nitrogens with zero attached hydrogens (tertiary/aromatic N) is 1. The Bertz CT molecular complexity index is 1350. The van der Waals surface area contributed by atoms with Gasteiger partial charge in [0, 0.05) is 24.4 Å². The monoisotopic (exact) mass is 648 g/mol. The lowest BCUT2D eigenvalue weighted by Crippen LogP contribution is -2.16. The molecule has 1 amide bonds. The first-order valence-corrected chi connectivity index (χ1v) is 12.7. The maximum Gasteiger partial charge on any atom is 0.307 e. The van der Waals surface area contributed by atoms with Crippen molar-refractivity contribution < 1.29 is 18.7 Å². The third-order valence-electron chi connectivity index (χ3n) is 4.74. The highest BCUT2D eigenvalue weighted by molar-refractivity contribution is 9.11. The second kappa shape index (κ2) is 11.2. The molecule has 1 aromatic heterocycles. The summed E-state index contributed by atoms with van der Waals surface area (Å²) in [5.41, 5.74) is 4.87. The average molecular weight is 651 g/mol. The molecule has 0 unspecified atom stereocenters. The van der Waals surface area contributed by atoms with E-state index in [-0.39, 0.29) is 5.76 Å². The van der Waals surface area contributed by atoms with Crippen molar-refractivity contribution in [3.63, 3.8) is 0 Å². The van der Waals surface area contributed by atoms with Gasteiger partial charge in [0.2, 0.25) is 0 Å². The van der Waals surface area contributed by atoms with E-state index in [4.69, 9.17) is 13.9 Å². The van der Waals surface area contributed by atoms with E-state index in [1.165, 1.54) is 6.21 Å². The molecule has 1 N–H and O–H groups in total. The molecule has 0 atom stereocenters. The molecule has 0 fully saturated rings. The van der Waals surface area contributed by atoms with Crippen molar-refractivity contribution in [2.24, 2.45) is 5.10 Å². The number of ether oxygens (including phenoxy) is 2. The molecule has 174 valence electrons. The van der Waals surface area contributed by atoms with E-state index in [0.29, 0.717) is 35.9 Å². The van der Waals surface area contributed by atoms with Gasteiger partial charge in [-0.15, -0.1) is 0 Å². The number of amides is 1. The minimum absolute atomic E-state index is 0.177. The molecule has 0 spiro atoms. The quantitative estimate of drug-likeness (QED) is 0.159. The van der Waals surface area contributed by atoms with Crippen molar-refractivity contribution in [1.82, 2.24) is 5.43 Å². The smallest absolute Gasteiger partial charge is 0.307 e. The number of furan rings is 1. The summed E-state index contributed by atoms with van der Waals surface area (Å²) in [5, 5.41) is 4.90. The Labute approximate surface area is 221 Å². The normalized spacial score (nSPS) is 11.2. The maximum atomic E-state index is 12.4. The molecule has 0 aliphatic rings. The summed E-state index contributed by atoms with van der Waals surface area (Å²) in [6.45, 7) is 2.78. The topological polar surface area (TPSA) is 73.1 Å². The van der Waals surface area contributed by atoms with Gasteiger partial charge in [-0.25, -0.2) is 5.43 Å². The first-order valence-electron chi connectivity index (χ1n) is 10.3. The number of benzene rings is 3. The highest BCUT2D eigenvalue weighted by atomic mass is 79.9. The molecular weight excluding hydrogens is 632 g/mol. The van der Waals surface area contributed by atoms with Crippen LogP contribution in [0.3, 0.4) is 0 Å². The Hall–Kier alpha value is -2.62. The standard InChI is InChI=1S/C25H19Br3N2O4/c1-2-32-22-11-17(20(28)12-23(22)33-14-15-3-5-18(26)6-4-15)13-29-30-25(31)24-10-16-9-19(27)7-8-21(16)34-24/h3-13H,2,14H2,1H3,(H,30,31)/b29-13+. The molecule has 0 aliphatic heterocycles. The van der Waals surface area contributed by atoms with Gasteiger partial charge in [0.05, 0.1) is 12.8 Å². The minimum Gasteiger partial charge on any atom is -0.490 e. The van der Waals surface area contributed by atoms with E-state index >= 15 is 0 Å². The second-order valence-corrected chi connectivity index (χ2v) is 9.85. The second-order valence-electron chi connectivity index (χ2n) is 7.16. The van der Waals surface area contributed by atoms with Crippen molar-refractivity contribution in [3.8, 4) is 11.5 Å². The van der Waals surface area contributed by atoms with Gasteiger partial charge in [0.25, 0.3) is 0 Å². The fourth-order valence-corrected chi connectivity index (χ4v) is 4.18. The molecule has 0 radical (unpaired) electrons. The van der Waals surface area contributed by atoms with Crippen LogP contribution in [0.4, 0.5) is 0 Å². The first-order chi connectivity index (χ1) is 16.4. The van der Waals surface area contributed by atoms with Crippen LogP contribution in [0.1, 0.15) is 28.6 Å². The number of fused-ring (bicyclic) bond motifs is 1. The summed E-state index contributed by atoms with van der Waals surface area (Å²) in [4.78, 5) is 12.4. The molecular formula is C25H19Br3N2O4. The summed E-state index contributed by atoms with van der Waals surface area (Å²) in [7, 11) is 0. The Morgan fingerprint density at radius 2 is 1.71 bits per heavy atom. The Balaban J connectivity index is 1.46. The molecule has 0 aliphatic carbocycles. The van der Waals surface area contributed by atoms with Crippen LogP contribution in [0, 0.1) is 0 Å². The lowest BCUT2D eigenvalue weighted by molar-refractivity contribution is 0.0929. The first kappa shape index (κ1) is 24.5. The molecule has 3 aromatic carbocycles. The van der Waals surface area contributed by atoms with Crippen molar-refractivity contribution >= 4 is 70.9 Å². The predicted octanol–water partition coefficient (Wildman–Crippen LogP) is 7.46. The fourth-order valence-electron chi connectivity index (χ4n) is 3.11. The molecule has 0 bridgehead atoms. The van der Waals surface area contributed by atoms with Crippen LogP contribution >= 0.6 is 47.8 Å². The lowest BCUT2D eigenvalue weighted by Gasteiger charge is -2.14. The van der Waals surface area contributed by atoms with Gasteiger partial charge in [-0.1, -0.05) is 44.0 Å². The summed E-state index contributed by atoms with van der Waals surface area (Å²) >= 11 is 10.4. The summed E-state index contributed by atoms with van der Waals surface area (Å²) in [6, 6.07) is 18.7. The van der Waals surface area contributed by atoms with E-state index < -0.39 is 5.91 Å². The molecule has 6 nitrogen and oxygen atoms in total. The van der Waals surface area contributed by atoms with Gasteiger partial charge >= 0.3 is 5.91 Å². The van der Waals surface area contributed by atoms with Crippen LogP contribution in [0.2, 0.25) is 0 Å². The van der Waals surface area contributed by atoms with Crippen LogP contribution in [0.15, 0.2) is 83.6 Å². The fraction of sp³-hybridized carbons (Fsp3) is 0.120.